The van der Waals surface area contributed by atoms with Gasteiger partial charge in [-0.2, -0.15) is 0 Å². The van der Waals surface area contributed by atoms with E-state index in [0.717, 1.165) is 24.8 Å². The summed E-state index contributed by atoms with van der Waals surface area (Å²) in [7, 11) is 0. The van der Waals surface area contributed by atoms with Crippen LogP contribution in [0, 0.1) is 19.8 Å². The topological polar surface area (TPSA) is 21.3 Å². The van der Waals surface area contributed by atoms with Crippen LogP contribution in [0.5, 0.6) is 5.75 Å². The summed E-state index contributed by atoms with van der Waals surface area (Å²) in [5.74, 6) is 1.84. The molecule has 0 radical (unpaired) electrons. The van der Waals surface area contributed by atoms with Crippen molar-refractivity contribution in [2.24, 2.45) is 5.92 Å². The predicted octanol–water partition coefficient (Wildman–Crippen LogP) is 4.63. The summed E-state index contributed by atoms with van der Waals surface area (Å²) < 4.78 is 6.17. The lowest BCUT2D eigenvalue weighted by molar-refractivity contribution is 0.185. The number of nitrogens with one attached hydrogen (secondary N) is 1. The Kier molecular flexibility index (Phi) is 6.56. The van der Waals surface area contributed by atoms with E-state index in [1.165, 1.54) is 49.7 Å². The van der Waals surface area contributed by atoms with Crippen molar-refractivity contribution in [1.82, 2.24) is 5.32 Å². The first-order valence-corrected chi connectivity index (χ1v) is 8.64. The Morgan fingerprint density at radius 1 is 1.19 bits per heavy atom. The minimum Gasteiger partial charge on any atom is -0.492 e. The van der Waals surface area contributed by atoms with Crippen LogP contribution in [-0.2, 0) is 0 Å². The van der Waals surface area contributed by atoms with Crippen molar-refractivity contribution in [3.63, 3.8) is 0 Å². The number of hydrogen-bond acceptors (Lipinski definition) is 2. The standard InChI is InChI=1S/C19H31NO/c1-4-13-20-18(17-10-6-5-7-11-17)14-21-19-12-8-9-15(2)16(19)3/h8-9,12,17-18,20H,4-7,10-11,13-14H2,1-3H3. The summed E-state index contributed by atoms with van der Waals surface area (Å²) in [6.45, 7) is 8.43. The molecule has 1 unspecified atom stereocenters. The molecule has 0 amide bonds. The van der Waals surface area contributed by atoms with Crippen molar-refractivity contribution in [3.05, 3.63) is 29.3 Å². The van der Waals surface area contributed by atoms with Crippen LogP contribution in [0.15, 0.2) is 18.2 Å². The Hall–Kier alpha value is -1.02. The average Bonchev–Trinajstić information content (AvgIpc) is 2.52. The Morgan fingerprint density at radius 2 is 1.95 bits per heavy atom. The highest BCUT2D eigenvalue weighted by molar-refractivity contribution is 5.38. The molecule has 1 fully saturated rings. The van der Waals surface area contributed by atoms with E-state index in [1.54, 1.807) is 0 Å². The Morgan fingerprint density at radius 3 is 2.67 bits per heavy atom. The molecule has 1 aromatic rings. The molecule has 0 saturated heterocycles. The minimum atomic E-state index is 0.505. The van der Waals surface area contributed by atoms with Gasteiger partial charge in [0.1, 0.15) is 12.4 Å². The molecule has 1 aliphatic rings. The Bertz CT molecular complexity index is 424. The van der Waals surface area contributed by atoms with Gasteiger partial charge in [0.15, 0.2) is 0 Å². The maximum atomic E-state index is 6.17. The molecule has 2 heteroatoms. The van der Waals surface area contributed by atoms with Gasteiger partial charge >= 0.3 is 0 Å². The van der Waals surface area contributed by atoms with Gasteiger partial charge in [0, 0.05) is 6.04 Å². The summed E-state index contributed by atoms with van der Waals surface area (Å²) in [6.07, 6.45) is 8.09. The molecule has 0 aliphatic heterocycles. The van der Waals surface area contributed by atoms with E-state index < -0.39 is 0 Å². The third-order valence-electron chi connectivity index (χ3n) is 4.85. The van der Waals surface area contributed by atoms with E-state index in [2.05, 4.69) is 44.3 Å². The van der Waals surface area contributed by atoms with Gasteiger partial charge in [-0.15, -0.1) is 0 Å². The van der Waals surface area contributed by atoms with Crippen molar-refractivity contribution >= 4 is 0 Å². The number of rotatable bonds is 7. The van der Waals surface area contributed by atoms with Gasteiger partial charge in [0.25, 0.3) is 0 Å². The van der Waals surface area contributed by atoms with Crippen LogP contribution >= 0.6 is 0 Å². The minimum absolute atomic E-state index is 0.505. The van der Waals surface area contributed by atoms with Gasteiger partial charge in [0.05, 0.1) is 0 Å². The fourth-order valence-electron chi connectivity index (χ4n) is 3.29. The molecule has 21 heavy (non-hydrogen) atoms. The van der Waals surface area contributed by atoms with E-state index in [-0.39, 0.29) is 0 Å². The van der Waals surface area contributed by atoms with E-state index in [4.69, 9.17) is 4.74 Å². The summed E-state index contributed by atoms with van der Waals surface area (Å²) in [4.78, 5) is 0. The fourth-order valence-corrected chi connectivity index (χ4v) is 3.29. The lowest BCUT2D eigenvalue weighted by Gasteiger charge is -2.31. The molecule has 1 N–H and O–H groups in total. The molecule has 0 aromatic heterocycles. The highest BCUT2D eigenvalue weighted by Gasteiger charge is 2.23. The molecule has 0 bridgehead atoms. The first-order valence-electron chi connectivity index (χ1n) is 8.64. The SMILES string of the molecule is CCCNC(COc1cccc(C)c1C)C1CCCCC1. The van der Waals surface area contributed by atoms with Crippen LogP contribution in [0.2, 0.25) is 0 Å². The van der Waals surface area contributed by atoms with Crippen LogP contribution in [0.25, 0.3) is 0 Å². The first kappa shape index (κ1) is 16.4. The van der Waals surface area contributed by atoms with Crippen molar-refractivity contribution in [2.75, 3.05) is 13.2 Å². The summed E-state index contributed by atoms with van der Waals surface area (Å²) >= 11 is 0. The maximum absolute atomic E-state index is 6.17. The van der Waals surface area contributed by atoms with Crippen molar-refractivity contribution in [1.29, 1.82) is 0 Å². The zero-order chi connectivity index (χ0) is 15.1. The number of hydrogen-bond donors (Lipinski definition) is 1. The molecule has 2 rings (SSSR count). The van der Waals surface area contributed by atoms with Gasteiger partial charge in [-0.25, -0.2) is 0 Å². The average molecular weight is 289 g/mol. The van der Waals surface area contributed by atoms with Crippen molar-refractivity contribution in [3.8, 4) is 5.75 Å². The molecule has 0 heterocycles. The molecular formula is C19H31NO. The molecular weight excluding hydrogens is 258 g/mol. The number of ether oxygens (including phenoxy) is 1. The Labute approximate surface area is 130 Å². The van der Waals surface area contributed by atoms with Crippen LogP contribution < -0.4 is 10.1 Å². The quantitative estimate of drug-likeness (QED) is 0.790. The monoisotopic (exact) mass is 289 g/mol. The van der Waals surface area contributed by atoms with Crippen LogP contribution in [0.3, 0.4) is 0 Å². The molecule has 1 aliphatic carbocycles. The third kappa shape index (κ3) is 4.74. The van der Waals surface area contributed by atoms with Gasteiger partial charge in [0.2, 0.25) is 0 Å². The van der Waals surface area contributed by atoms with Gasteiger partial charge < -0.3 is 10.1 Å². The van der Waals surface area contributed by atoms with Crippen molar-refractivity contribution < 1.29 is 4.74 Å². The van der Waals surface area contributed by atoms with Crippen LogP contribution in [0.4, 0.5) is 0 Å². The molecule has 0 spiro atoms. The van der Waals surface area contributed by atoms with E-state index in [1.807, 2.05) is 0 Å². The summed E-state index contributed by atoms with van der Waals surface area (Å²) in [5, 5.41) is 3.72. The summed E-state index contributed by atoms with van der Waals surface area (Å²) in [6, 6.07) is 6.84. The van der Waals surface area contributed by atoms with Crippen LogP contribution in [-0.4, -0.2) is 19.2 Å². The first-order chi connectivity index (χ1) is 10.2. The zero-order valence-corrected chi connectivity index (χ0v) is 14.0. The largest absolute Gasteiger partial charge is 0.492 e. The number of benzene rings is 1. The maximum Gasteiger partial charge on any atom is 0.122 e. The predicted molar refractivity (Wildman–Crippen MR) is 90.1 cm³/mol. The normalized spacial score (nSPS) is 17.7. The second kappa shape index (κ2) is 8.43. The third-order valence-corrected chi connectivity index (χ3v) is 4.85. The lowest BCUT2D eigenvalue weighted by atomic mass is 9.84. The zero-order valence-electron chi connectivity index (χ0n) is 14.0. The second-order valence-electron chi connectivity index (χ2n) is 6.47. The Balaban J connectivity index is 1.95. The van der Waals surface area contributed by atoms with E-state index >= 15 is 0 Å². The van der Waals surface area contributed by atoms with Crippen molar-refractivity contribution in [2.45, 2.75) is 65.3 Å². The number of aryl methyl sites for hydroxylation is 1. The molecule has 1 aromatic carbocycles. The van der Waals surface area contributed by atoms with E-state index in [9.17, 15) is 0 Å². The second-order valence-corrected chi connectivity index (χ2v) is 6.47. The highest BCUT2D eigenvalue weighted by atomic mass is 16.5. The van der Waals surface area contributed by atoms with Gasteiger partial charge in [-0.3, -0.25) is 0 Å². The summed E-state index contributed by atoms with van der Waals surface area (Å²) in [5.41, 5.74) is 2.58. The van der Waals surface area contributed by atoms with E-state index in [0.29, 0.717) is 6.04 Å². The molecule has 118 valence electrons. The van der Waals surface area contributed by atoms with Crippen LogP contribution in [0.1, 0.15) is 56.6 Å². The molecule has 1 saturated carbocycles. The fraction of sp³-hybridized carbons (Fsp3) is 0.684. The smallest absolute Gasteiger partial charge is 0.122 e. The molecule has 1 atom stereocenters. The highest BCUT2D eigenvalue weighted by Crippen LogP contribution is 2.28. The lowest BCUT2D eigenvalue weighted by Crippen LogP contribution is -2.42. The van der Waals surface area contributed by atoms with Gasteiger partial charge in [-0.1, -0.05) is 38.3 Å². The van der Waals surface area contributed by atoms with Gasteiger partial charge in [-0.05, 0) is 62.8 Å². The molecule has 2 nitrogen and oxygen atoms in total.